The van der Waals surface area contributed by atoms with E-state index in [2.05, 4.69) is 0 Å². The monoisotopic (exact) mass is 279 g/mol. The van der Waals surface area contributed by atoms with E-state index in [-0.39, 0.29) is 17.6 Å². The van der Waals surface area contributed by atoms with Crippen LogP contribution in [-0.4, -0.2) is 41.2 Å². The van der Waals surface area contributed by atoms with Crippen molar-refractivity contribution in [2.45, 2.75) is 32.0 Å². The molecule has 3 unspecified atom stereocenters. The fraction of sp³-hybridized carbons (Fsp3) is 0.533. The SMILES string of the molecule is CC(O)C1CCN(C(=O)C2Cc3cccc(F)c3O2)C1. The smallest absolute Gasteiger partial charge is 0.264 e. The van der Waals surface area contributed by atoms with Crippen molar-refractivity contribution in [2.24, 2.45) is 5.92 Å². The van der Waals surface area contributed by atoms with E-state index in [0.717, 1.165) is 12.0 Å². The van der Waals surface area contributed by atoms with Crippen molar-refractivity contribution in [1.82, 2.24) is 4.90 Å². The molecule has 0 radical (unpaired) electrons. The van der Waals surface area contributed by atoms with Crippen LogP contribution in [0.25, 0.3) is 0 Å². The molecule has 0 bridgehead atoms. The van der Waals surface area contributed by atoms with Crippen LogP contribution in [0.2, 0.25) is 0 Å². The number of benzene rings is 1. The molecule has 0 saturated carbocycles. The van der Waals surface area contributed by atoms with Crippen LogP contribution in [0.3, 0.4) is 0 Å². The first kappa shape index (κ1) is 13.4. The average molecular weight is 279 g/mol. The summed E-state index contributed by atoms with van der Waals surface area (Å²) in [5.41, 5.74) is 0.745. The number of para-hydroxylation sites is 1. The van der Waals surface area contributed by atoms with Crippen LogP contribution >= 0.6 is 0 Å². The van der Waals surface area contributed by atoms with Crippen LogP contribution in [0.5, 0.6) is 5.75 Å². The Kier molecular flexibility index (Phi) is 3.38. The van der Waals surface area contributed by atoms with Gasteiger partial charge in [-0.15, -0.1) is 0 Å². The molecule has 3 rings (SSSR count). The molecular weight excluding hydrogens is 261 g/mol. The van der Waals surface area contributed by atoms with Crippen LogP contribution in [0, 0.1) is 11.7 Å². The number of amides is 1. The maximum atomic E-state index is 13.6. The molecule has 1 aromatic carbocycles. The van der Waals surface area contributed by atoms with Gasteiger partial charge in [-0.1, -0.05) is 12.1 Å². The molecule has 2 aliphatic heterocycles. The zero-order valence-corrected chi connectivity index (χ0v) is 11.4. The maximum Gasteiger partial charge on any atom is 0.264 e. The molecule has 0 spiro atoms. The van der Waals surface area contributed by atoms with Gasteiger partial charge in [0.25, 0.3) is 5.91 Å². The lowest BCUT2D eigenvalue weighted by atomic mass is 10.0. The molecule has 5 heteroatoms. The first-order valence-corrected chi connectivity index (χ1v) is 6.97. The van der Waals surface area contributed by atoms with Gasteiger partial charge < -0.3 is 14.7 Å². The maximum absolute atomic E-state index is 13.6. The number of nitrogens with zero attached hydrogens (tertiary/aromatic N) is 1. The number of carbonyl (C=O) groups excluding carboxylic acids is 1. The van der Waals surface area contributed by atoms with Crippen molar-refractivity contribution in [2.75, 3.05) is 13.1 Å². The number of likely N-dealkylation sites (tertiary alicyclic amines) is 1. The number of fused-ring (bicyclic) bond motifs is 1. The quantitative estimate of drug-likeness (QED) is 0.889. The van der Waals surface area contributed by atoms with Crippen molar-refractivity contribution in [1.29, 1.82) is 0 Å². The van der Waals surface area contributed by atoms with Gasteiger partial charge in [0.1, 0.15) is 0 Å². The van der Waals surface area contributed by atoms with Crippen molar-refractivity contribution >= 4 is 5.91 Å². The lowest BCUT2D eigenvalue weighted by Gasteiger charge is -2.21. The van der Waals surface area contributed by atoms with E-state index < -0.39 is 18.0 Å². The minimum Gasteiger partial charge on any atom is -0.477 e. The van der Waals surface area contributed by atoms with Gasteiger partial charge in [-0.25, -0.2) is 4.39 Å². The Labute approximate surface area is 117 Å². The predicted octanol–water partition coefficient (Wildman–Crippen LogP) is 1.36. The van der Waals surface area contributed by atoms with Gasteiger partial charge in [-0.3, -0.25) is 4.79 Å². The molecule has 1 saturated heterocycles. The van der Waals surface area contributed by atoms with Crippen molar-refractivity contribution < 1.29 is 19.0 Å². The highest BCUT2D eigenvalue weighted by Gasteiger charge is 2.37. The number of carbonyl (C=O) groups is 1. The summed E-state index contributed by atoms with van der Waals surface area (Å²) < 4.78 is 19.1. The molecule has 4 nitrogen and oxygen atoms in total. The Balaban J connectivity index is 1.68. The molecule has 108 valence electrons. The van der Waals surface area contributed by atoms with Crippen LogP contribution in [-0.2, 0) is 11.2 Å². The van der Waals surface area contributed by atoms with E-state index >= 15 is 0 Å². The van der Waals surface area contributed by atoms with E-state index in [1.807, 2.05) is 0 Å². The third kappa shape index (κ3) is 2.26. The lowest BCUT2D eigenvalue weighted by molar-refractivity contribution is -0.137. The van der Waals surface area contributed by atoms with Crippen molar-refractivity contribution in [3.63, 3.8) is 0 Å². The Morgan fingerprint density at radius 2 is 2.35 bits per heavy atom. The first-order valence-electron chi connectivity index (χ1n) is 6.97. The zero-order chi connectivity index (χ0) is 14.3. The molecule has 2 aliphatic rings. The van der Waals surface area contributed by atoms with Crippen LogP contribution in [0.15, 0.2) is 18.2 Å². The summed E-state index contributed by atoms with van der Waals surface area (Å²) in [6.45, 7) is 2.93. The third-order valence-electron chi connectivity index (χ3n) is 4.21. The second-order valence-electron chi connectivity index (χ2n) is 5.61. The molecule has 1 fully saturated rings. The van der Waals surface area contributed by atoms with E-state index in [4.69, 9.17) is 4.74 Å². The van der Waals surface area contributed by atoms with Crippen LogP contribution in [0.1, 0.15) is 18.9 Å². The Bertz CT molecular complexity index is 532. The first-order chi connectivity index (χ1) is 9.56. The largest absolute Gasteiger partial charge is 0.477 e. The summed E-state index contributed by atoms with van der Waals surface area (Å²) in [6, 6.07) is 4.75. The van der Waals surface area contributed by atoms with Gasteiger partial charge in [-0.2, -0.15) is 0 Å². The summed E-state index contributed by atoms with van der Waals surface area (Å²) in [4.78, 5) is 14.1. The number of hydrogen-bond donors (Lipinski definition) is 1. The Hall–Kier alpha value is -1.62. The van der Waals surface area contributed by atoms with Gasteiger partial charge in [-0.05, 0) is 19.4 Å². The third-order valence-corrected chi connectivity index (χ3v) is 4.21. The van der Waals surface area contributed by atoms with Crippen molar-refractivity contribution in [3.8, 4) is 5.75 Å². The fourth-order valence-corrected chi connectivity index (χ4v) is 2.95. The highest BCUT2D eigenvalue weighted by Crippen LogP contribution is 2.32. The average Bonchev–Trinajstić information content (AvgIpc) is 3.05. The number of aliphatic hydroxyl groups excluding tert-OH is 1. The van der Waals surface area contributed by atoms with Gasteiger partial charge >= 0.3 is 0 Å². The minimum absolute atomic E-state index is 0.108. The number of hydrogen-bond acceptors (Lipinski definition) is 3. The van der Waals surface area contributed by atoms with Gasteiger partial charge in [0, 0.05) is 31.0 Å². The minimum atomic E-state index is -0.630. The number of ether oxygens (including phenoxy) is 1. The number of rotatable bonds is 2. The van der Waals surface area contributed by atoms with E-state index in [0.29, 0.717) is 19.5 Å². The molecule has 3 atom stereocenters. The second kappa shape index (κ2) is 5.05. The second-order valence-corrected chi connectivity index (χ2v) is 5.61. The summed E-state index contributed by atoms with van der Waals surface area (Å²) in [7, 11) is 0. The highest BCUT2D eigenvalue weighted by atomic mass is 19.1. The molecule has 1 amide bonds. The molecule has 1 N–H and O–H groups in total. The Morgan fingerprint density at radius 3 is 3.00 bits per heavy atom. The van der Waals surface area contributed by atoms with Gasteiger partial charge in [0.2, 0.25) is 0 Å². The summed E-state index contributed by atoms with van der Waals surface area (Å²) in [5.74, 6) is -0.193. The van der Waals surface area contributed by atoms with Crippen LogP contribution < -0.4 is 4.74 Å². The predicted molar refractivity (Wildman–Crippen MR) is 70.9 cm³/mol. The summed E-state index contributed by atoms with van der Waals surface area (Å²) >= 11 is 0. The topological polar surface area (TPSA) is 49.8 Å². The van der Waals surface area contributed by atoms with E-state index in [1.54, 1.807) is 24.0 Å². The molecule has 0 aromatic heterocycles. The molecule has 20 heavy (non-hydrogen) atoms. The van der Waals surface area contributed by atoms with E-state index in [1.165, 1.54) is 6.07 Å². The standard InChI is InChI=1S/C15H18FNO3/c1-9(18)11-5-6-17(8-11)15(19)13-7-10-3-2-4-12(16)14(10)20-13/h2-4,9,11,13,18H,5-8H2,1H3. The fourth-order valence-electron chi connectivity index (χ4n) is 2.95. The summed E-state index contributed by atoms with van der Waals surface area (Å²) in [6.07, 6.45) is 0.181. The Morgan fingerprint density at radius 1 is 1.55 bits per heavy atom. The molecule has 2 heterocycles. The van der Waals surface area contributed by atoms with E-state index in [9.17, 15) is 14.3 Å². The molecule has 0 aliphatic carbocycles. The molecular formula is C15H18FNO3. The lowest BCUT2D eigenvalue weighted by Crippen LogP contribution is -2.40. The number of halogens is 1. The summed E-state index contributed by atoms with van der Waals surface area (Å²) in [5, 5.41) is 9.58. The highest BCUT2D eigenvalue weighted by molar-refractivity contribution is 5.83. The molecule has 1 aromatic rings. The number of aliphatic hydroxyl groups is 1. The van der Waals surface area contributed by atoms with Crippen molar-refractivity contribution in [3.05, 3.63) is 29.6 Å². The zero-order valence-electron chi connectivity index (χ0n) is 11.4. The normalized spacial score (nSPS) is 26.2. The van der Waals surface area contributed by atoms with Gasteiger partial charge in [0.15, 0.2) is 17.7 Å². The van der Waals surface area contributed by atoms with Crippen LogP contribution in [0.4, 0.5) is 4.39 Å². The van der Waals surface area contributed by atoms with Gasteiger partial charge in [0.05, 0.1) is 6.10 Å².